The Bertz CT molecular complexity index is 986. The quantitative estimate of drug-likeness (QED) is 0.629. The van der Waals surface area contributed by atoms with Gasteiger partial charge in [-0.05, 0) is 41.6 Å². The van der Waals surface area contributed by atoms with Crippen LogP contribution < -0.4 is 0 Å². The molecule has 0 spiro atoms. The normalized spacial score (nSPS) is 10.9. The SMILES string of the molecule is Cc1ccc(-n2nnnc2-c2cn[nH]c2-c2cccc(F)c2)cc1. The second kappa shape index (κ2) is 5.69. The molecule has 0 unspecified atom stereocenters. The summed E-state index contributed by atoms with van der Waals surface area (Å²) in [5.74, 6) is 0.220. The van der Waals surface area contributed by atoms with Crippen LogP contribution in [0, 0.1) is 12.7 Å². The number of tetrazole rings is 1. The maximum atomic E-state index is 13.5. The summed E-state index contributed by atoms with van der Waals surface area (Å²) in [5.41, 5.74) is 4.04. The topological polar surface area (TPSA) is 72.3 Å². The van der Waals surface area contributed by atoms with E-state index in [2.05, 4.69) is 25.7 Å². The van der Waals surface area contributed by atoms with E-state index in [1.807, 2.05) is 31.2 Å². The monoisotopic (exact) mass is 320 g/mol. The van der Waals surface area contributed by atoms with E-state index in [1.165, 1.54) is 12.1 Å². The number of rotatable bonds is 3. The van der Waals surface area contributed by atoms with E-state index in [1.54, 1.807) is 23.0 Å². The minimum Gasteiger partial charge on any atom is -0.277 e. The van der Waals surface area contributed by atoms with Gasteiger partial charge in [0.1, 0.15) is 5.82 Å². The van der Waals surface area contributed by atoms with Gasteiger partial charge in [-0.2, -0.15) is 9.78 Å². The number of H-pyrrole nitrogens is 1. The number of nitrogens with zero attached hydrogens (tertiary/aromatic N) is 5. The molecule has 118 valence electrons. The van der Waals surface area contributed by atoms with Gasteiger partial charge in [-0.25, -0.2) is 4.39 Å². The van der Waals surface area contributed by atoms with Crippen molar-refractivity contribution in [2.24, 2.45) is 0 Å². The van der Waals surface area contributed by atoms with Crippen LogP contribution in [0.15, 0.2) is 54.7 Å². The van der Waals surface area contributed by atoms with Crippen molar-refractivity contribution in [1.29, 1.82) is 0 Å². The van der Waals surface area contributed by atoms with Gasteiger partial charge in [0.15, 0.2) is 5.82 Å². The predicted molar refractivity (Wildman–Crippen MR) is 86.9 cm³/mol. The molecular formula is C17H13FN6. The first-order valence-corrected chi connectivity index (χ1v) is 7.37. The molecule has 4 rings (SSSR count). The van der Waals surface area contributed by atoms with E-state index >= 15 is 0 Å². The van der Waals surface area contributed by atoms with Crippen molar-refractivity contribution in [2.75, 3.05) is 0 Å². The molecule has 0 saturated carbocycles. The summed E-state index contributed by atoms with van der Waals surface area (Å²) in [6, 6.07) is 14.2. The lowest BCUT2D eigenvalue weighted by Gasteiger charge is -2.06. The first-order valence-electron chi connectivity index (χ1n) is 7.37. The lowest BCUT2D eigenvalue weighted by Crippen LogP contribution is -2.00. The molecule has 0 radical (unpaired) electrons. The fourth-order valence-corrected chi connectivity index (χ4v) is 2.53. The Hall–Kier alpha value is -3.35. The zero-order valence-electron chi connectivity index (χ0n) is 12.8. The number of aromatic amines is 1. The second-order valence-corrected chi connectivity index (χ2v) is 5.42. The molecule has 0 aliphatic heterocycles. The summed E-state index contributed by atoms with van der Waals surface area (Å²) in [6.07, 6.45) is 1.64. The molecule has 7 heteroatoms. The van der Waals surface area contributed by atoms with Gasteiger partial charge in [-0.1, -0.05) is 29.8 Å². The van der Waals surface area contributed by atoms with Crippen molar-refractivity contribution in [1.82, 2.24) is 30.4 Å². The minimum atomic E-state index is -0.314. The average Bonchev–Trinajstić information content (AvgIpc) is 3.24. The fourth-order valence-electron chi connectivity index (χ4n) is 2.53. The highest BCUT2D eigenvalue weighted by atomic mass is 19.1. The zero-order chi connectivity index (χ0) is 16.5. The second-order valence-electron chi connectivity index (χ2n) is 5.42. The van der Waals surface area contributed by atoms with E-state index in [0.717, 1.165) is 11.3 Å². The highest BCUT2D eigenvalue weighted by Crippen LogP contribution is 2.29. The summed E-state index contributed by atoms with van der Waals surface area (Å²) in [5, 5.41) is 18.9. The lowest BCUT2D eigenvalue weighted by molar-refractivity contribution is 0.628. The third kappa shape index (κ3) is 2.45. The van der Waals surface area contributed by atoms with E-state index in [4.69, 9.17) is 0 Å². The Morgan fingerprint density at radius 2 is 1.92 bits per heavy atom. The molecule has 6 nitrogen and oxygen atoms in total. The van der Waals surface area contributed by atoms with Gasteiger partial charge in [-0.15, -0.1) is 5.10 Å². The molecule has 2 aromatic carbocycles. The van der Waals surface area contributed by atoms with Crippen molar-refractivity contribution in [3.63, 3.8) is 0 Å². The summed E-state index contributed by atoms with van der Waals surface area (Å²) >= 11 is 0. The molecule has 0 aliphatic carbocycles. The van der Waals surface area contributed by atoms with Crippen LogP contribution in [0.4, 0.5) is 4.39 Å². The van der Waals surface area contributed by atoms with Crippen LogP contribution >= 0.6 is 0 Å². The molecular weight excluding hydrogens is 307 g/mol. The number of halogens is 1. The predicted octanol–water partition coefficient (Wildman–Crippen LogP) is 3.17. The molecule has 0 fully saturated rings. The van der Waals surface area contributed by atoms with E-state index < -0.39 is 0 Å². The number of hydrogen-bond donors (Lipinski definition) is 1. The fraction of sp³-hybridized carbons (Fsp3) is 0.0588. The van der Waals surface area contributed by atoms with Crippen LogP contribution in [0.1, 0.15) is 5.56 Å². The maximum absolute atomic E-state index is 13.5. The standard InChI is InChI=1S/C17H13FN6/c1-11-5-7-14(8-6-11)24-17(21-22-23-24)15-10-19-20-16(15)12-3-2-4-13(18)9-12/h2-10H,1H3,(H,19,20). The molecule has 0 amide bonds. The summed E-state index contributed by atoms with van der Waals surface area (Å²) < 4.78 is 15.2. The smallest absolute Gasteiger partial charge is 0.190 e. The molecule has 2 aromatic heterocycles. The Morgan fingerprint density at radius 3 is 2.71 bits per heavy atom. The van der Waals surface area contributed by atoms with Gasteiger partial charge in [0.25, 0.3) is 0 Å². The van der Waals surface area contributed by atoms with Crippen LogP contribution in [0.25, 0.3) is 28.3 Å². The number of aromatic nitrogens is 6. The van der Waals surface area contributed by atoms with Crippen LogP contribution in [-0.2, 0) is 0 Å². The van der Waals surface area contributed by atoms with Gasteiger partial charge in [0.2, 0.25) is 0 Å². The van der Waals surface area contributed by atoms with Gasteiger partial charge >= 0.3 is 0 Å². The van der Waals surface area contributed by atoms with Crippen molar-refractivity contribution in [2.45, 2.75) is 6.92 Å². The Morgan fingerprint density at radius 1 is 1.08 bits per heavy atom. The van der Waals surface area contributed by atoms with Crippen molar-refractivity contribution < 1.29 is 4.39 Å². The third-order valence-electron chi connectivity index (χ3n) is 3.74. The molecule has 0 bridgehead atoms. The van der Waals surface area contributed by atoms with Crippen LogP contribution in [0.5, 0.6) is 0 Å². The van der Waals surface area contributed by atoms with Gasteiger partial charge in [-0.3, -0.25) is 5.10 Å². The van der Waals surface area contributed by atoms with Gasteiger partial charge in [0.05, 0.1) is 23.1 Å². The zero-order valence-corrected chi connectivity index (χ0v) is 12.8. The molecule has 0 aliphatic rings. The minimum absolute atomic E-state index is 0.314. The third-order valence-corrected chi connectivity index (χ3v) is 3.74. The number of hydrogen-bond acceptors (Lipinski definition) is 4. The van der Waals surface area contributed by atoms with E-state index in [0.29, 0.717) is 22.6 Å². The maximum Gasteiger partial charge on any atom is 0.190 e. The highest BCUT2D eigenvalue weighted by molar-refractivity contribution is 5.77. The number of benzene rings is 2. The summed E-state index contributed by atoms with van der Waals surface area (Å²) in [4.78, 5) is 0. The van der Waals surface area contributed by atoms with E-state index in [9.17, 15) is 4.39 Å². The molecule has 0 atom stereocenters. The first kappa shape index (κ1) is 14.3. The molecule has 0 saturated heterocycles. The van der Waals surface area contributed by atoms with Crippen molar-refractivity contribution in [3.05, 3.63) is 66.1 Å². The first-order chi connectivity index (χ1) is 11.7. The van der Waals surface area contributed by atoms with Crippen LogP contribution in [0.3, 0.4) is 0 Å². The average molecular weight is 320 g/mol. The molecule has 4 aromatic rings. The van der Waals surface area contributed by atoms with Crippen molar-refractivity contribution in [3.8, 4) is 28.3 Å². The van der Waals surface area contributed by atoms with E-state index in [-0.39, 0.29) is 5.82 Å². The van der Waals surface area contributed by atoms with Crippen LogP contribution in [0.2, 0.25) is 0 Å². The van der Waals surface area contributed by atoms with Gasteiger partial charge < -0.3 is 0 Å². The number of aryl methyl sites for hydroxylation is 1. The largest absolute Gasteiger partial charge is 0.277 e. The highest BCUT2D eigenvalue weighted by Gasteiger charge is 2.17. The number of nitrogens with one attached hydrogen (secondary N) is 1. The Labute approximate surface area is 137 Å². The molecule has 1 N–H and O–H groups in total. The van der Waals surface area contributed by atoms with Crippen molar-refractivity contribution >= 4 is 0 Å². The molecule has 2 heterocycles. The molecule has 24 heavy (non-hydrogen) atoms. The Kier molecular flexibility index (Phi) is 3.38. The summed E-state index contributed by atoms with van der Waals surface area (Å²) in [7, 11) is 0. The van der Waals surface area contributed by atoms with Crippen LogP contribution in [-0.4, -0.2) is 30.4 Å². The Balaban J connectivity index is 1.84. The summed E-state index contributed by atoms with van der Waals surface area (Å²) in [6.45, 7) is 2.02. The van der Waals surface area contributed by atoms with Gasteiger partial charge in [0, 0.05) is 5.56 Å². The lowest BCUT2D eigenvalue weighted by atomic mass is 10.1.